The Morgan fingerprint density at radius 3 is 0.950 bits per heavy atom. The fraction of sp³-hybridized carbons (Fsp3) is 0.435. The normalized spacial score (nSPS) is 9.63. The Morgan fingerprint density at radius 2 is 0.689 bits per heavy atom. The molecular formula is C85H119I3LiN7O23. The second-order valence-electron chi connectivity index (χ2n) is 24.6. The fourth-order valence-corrected chi connectivity index (χ4v) is 9.81. The van der Waals surface area contributed by atoms with Crippen molar-refractivity contribution in [3.05, 3.63) is 175 Å². The second kappa shape index (κ2) is 67.8. The van der Waals surface area contributed by atoms with Crippen molar-refractivity contribution in [2.75, 3.05) is 124 Å². The summed E-state index contributed by atoms with van der Waals surface area (Å²) >= 11 is 6.95. The predicted octanol–water partition coefficient (Wildman–Crippen LogP) is 12.2. The molecule has 3 heterocycles. The summed E-state index contributed by atoms with van der Waals surface area (Å²) in [5.41, 5.74) is 8.56. The number of benzene rings is 5. The molecule has 0 unspecified atom stereocenters. The topological polar surface area (TPSA) is 418 Å². The van der Waals surface area contributed by atoms with E-state index >= 15 is 0 Å². The van der Waals surface area contributed by atoms with E-state index < -0.39 is 34.8 Å². The average Bonchev–Trinajstić information content (AvgIpc) is 0.805. The Bertz CT molecular complexity index is 4480. The number of esters is 4. The molecule has 8 rings (SSSR count). The summed E-state index contributed by atoms with van der Waals surface area (Å²) in [7, 11) is 11.4. The number of aromatic hydroxyl groups is 2. The van der Waals surface area contributed by atoms with Crippen LogP contribution in [0, 0.1) is 0 Å². The number of phenols is 2. The Labute approximate surface area is 750 Å². The molecule has 119 heavy (non-hydrogen) atoms. The van der Waals surface area contributed by atoms with Crippen LogP contribution in [0.4, 0.5) is 28.4 Å². The number of rotatable bonds is 27. The largest absolute Gasteiger partial charge is 1.00 e. The van der Waals surface area contributed by atoms with Gasteiger partial charge in [0.15, 0.2) is 11.6 Å². The summed E-state index contributed by atoms with van der Waals surface area (Å²) in [4.78, 5) is 143. The van der Waals surface area contributed by atoms with Crippen molar-refractivity contribution in [3.63, 3.8) is 0 Å². The molecule has 0 aliphatic heterocycles. The van der Waals surface area contributed by atoms with E-state index in [0.717, 1.165) is 67.3 Å². The van der Waals surface area contributed by atoms with Crippen LogP contribution in [0.1, 0.15) is 139 Å². The third-order valence-electron chi connectivity index (χ3n) is 14.7. The zero-order valence-electron chi connectivity index (χ0n) is 72.4. The number of hydrogen-bond donors (Lipinski definition) is 5. The van der Waals surface area contributed by atoms with E-state index in [1.54, 1.807) is 70.2 Å². The smallest absolute Gasteiger partial charge is 0.508 e. The van der Waals surface area contributed by atoms with Gasteiger partial charge in [0.05, 0.1) is 60.5 Å². The number of anilines is 5. The van der Waals surface area contributed by atoms with Crippen LogP contribution in [0.3, 0.4) is 0 Å². The van der Waals surface area contributed by atoms with Crippen LogP contribution in [-0.4, -0.2) is 175 Å². The maximum atomic E-state index is 11.7. The van der Waals surface area contributed by atoms with E-state index in [2.05, 4.69) is 134 Å². The molecule has 3 aromatic heterocycles. The molecule has 0 atom stereocenters. The number of ketones is 4. The van der Waals surface area contributed by atoms with Gasteiger partial charge in [0.1, 0.15) is 52.7 Å². The number of nitrogens with zero attached hydrogens (tertiary/aromatic N) is 6. The molecule has 30 nitrogen and oxygen atoms in total. The standard InChI is InChI=1S/C17H21NO4.C15H17NO4.C13H13NO4.C10H15NO.C8H11NO.2C8H12O4.C2H4I2.C2H5I.C2H6.Li.H3N2O/c1-4-18(5-2)13-7-8-14-12(9-16(19)21-6-3)10-17(20)22-15(14)11-13;1-4-19-14(17)7-10-8-15(18)20-13-9-11(16(2)3)5-6-12(10)13;1-14(2)9-3-4-10-8(5-12(15)16)6-13(17)18-11(10)7-9;1-3-11(4-2)9-6-5-7-10(12)8-9;1-9(2)7-4-3-5-8(10)6-7;2*1-3-12-8(11)5-7(10)4-6(2)9;1-2(3)4;1-2-3;1-2;;1-2-3/h7-8,10-11H,4-6,9H2,1-3H3;5-6,8-9H,4,7H2,1-3H3;3-4,6-7H,5H2,1-2H3,(H,15,16);5-8,12H,3-4H2,1-2H3;3-6,10H,1-2H3;2*3-5H2,1-2H3;2H,1H3;2H2,1H3;1-2H3;;3H,1H2/q;;;;;;;;;;+1;-1. The van der Waals surface area contributed by atoms with Gasteiger partial charge in [0.2, 0.25) is 0 Å². The number of halogens is 3. The van der Waals surface area contributed by atoms with Crippen LogP contribution >= 0.6 is 67.8 Å². The summed E-state index contributed by atoms with van der Waals surface area (Å²) in [6.07, 6.45) is -1.01. The van der Waals surface area contributed by atoms with E-state index in [0.29, 0.717) is 63.5 Å². The monoisotopic (exact) mass is 1990 g/mol. The van der Waals surface area contributed by atoms with E-state index in [1.165, 1.54) is 36.5 Å². The molecule has 0 saturated carbocycles. The minimum Gasteiger partial charge on any atom is -0.508 e. The van der Waals surface area contributed by atoms with E-state index in [1.807, 2.05) is 137 Å². The first kappa shape index (κ1) is 116. The maximum absolute atomic E-state index is 11.7. The van der Waals surface area contributed by atoms with Crippen LogP contribution in [0.15, 0.2) is 149 Å². The molecule has 0 saturated heterocycles. The molecule has 0 amide bonds. The Balaban J connectivity index is -0.000000642. The van der Waals surface area contributed by atoms with Crippen molar-refractivity contribution in [2.45, 2.75) is 144 Å². The van der Waals surface area contributed by atoms with Gasteiger partial charge in [-0.3, -0.25) is 43.2 Å². The van der Waals surface area contributed by atoms with Crippen LogP contribution < -0.4 is 66.1 Å². The Morgan fingerprint density at radius 1 is 0.437 bits per heavy atom. The number of carbonyl (C=O) groups excluding carboxylic acids is 8. The zero-order valence-corrected chi connectivity index (χ0v) is 78.9. The number of hydrogen-bond acceptors (Lipinski definition) is 28. The summed E-state index contributed by atoms with van der Waals surface area (Å²) < 4.78 is 36.5. The third kappa shape index (κ3) is 52.6. The number of fused-ring (bicyclic) bond motifs is 3. The number of alkyl halides is 3. The molecule has 0 aliphatic rings. The van der Waals surface area contributed by atoms with Crippen molar-refractivity contribution in [2.24, 2.45) is 5.84 Å². The molecule has 0 radical (unpaired) electrons. The van der Waals surface area contributed by atoms with Gasteiger partial charge in [-0.1, -0.05) is 101 Å². The van der Waals surface area contributed by atoms with Gasteiger partial charge >= 0.3 is 65.6 Å². The van der Waals surface area contributed by atoms with E-state index in [-0.39, 0.29) is 112 Å². The number of aliphatic carboxylic acids is 1. The van der Waals surface area contributed by atoms with Crippen molar-refractivity contribution < 1.29 is 115 Å². The first-order chi connectivity index (χ1) is 55.7. The van der Waals surface area contributed by atoms with Crippen molar-refractivity contribution >= 4 is 182 Å². The quantitative estimate of drug-likeness (QED) is 0.00367. The van der Waals surface area contributed by atoms with Crippen LogP contribution in [-0.2, 0) is 81.4 Å². The first-order valence-corrected chi connectivity index (χ1v) is 41.8. The third-order valence-corrected chi connectivity index (χ3v) is 14.7. The first-order valence-electron chi connectivity index (χ1n) is 37.8. The molecule has 34 heteroatoms. The molecule has 6 N–H and O–H groups in total. The maximum Gasteiger partial charge on any atom is 1.00 e. The van der Waals surface area contributed by atoms with Gasteiger partial charge in [-0.15, -0.1) is 0 Å². The second-order valence-corrected chi connectivity index (χ2v) is 32.3. The molecule has 0 fully saturated rings. The molecule has 5 aromatic carbocycles. The van der Waals surface area contributed by atoms with Crippen LogP contribution in [0.2, 0.25) is 0 Å². The van der Waals surface area contributed by atoms with Crippen LogP contribution in [0.25, 0.3) is 38.5 Å². The van der Waals surface area contributed by atoms with Gasteiger partial charge < -0.3 is 88.7 Å². The molecule has 654 valence electrons. The SMILES string of the molecule is CC.CC(I)I.CCI.CCN(CC)c1cccc(O)c1.CCOC(=O)CC(=O)CC(C)=O.CCOC(=O)CC(=O)CC(C)=O.CCOC(=O)Cc1cc(=O)oc2cc(N(C)C)ccc12.CCOC(=O)Cc1cc(=O)oc2cc(N(CC)CC)ccc12.CN(C)c1ccc2c(CC(=O)O)cc(=O)oc2c1.CN(C)c1cccc(O)c1.N[N-]O.[Li+]. The minimum absolute atomic E-state index is 0. The fourth-order valence-electron chi connectivity index (χ4n) is 9.81. The minimum atomic E-state index is -0.974. The van der Waals surface area contributed by atoms with Crippen LogP contribution in [0.5, 0.6) is 11.5 Å². The Kier molecular flexibility index (Phi) is 66.2. The number of nitrogens with two attached hydrogens (primary N) is 1. The molecular weight excluding hydrogens is 1870 g/mol. The van der Waals surface area contributed by atoms with Gasteiger partial charge in [-0.05, 0) is 158 Å². The van der Waals surface area contributed by atoms with Gasteiger partial charge in [-0.2, -0.15) is 0 Å². The van der Waals surface area contributed by atoms with E-state index in [4.69, 9.17) is 38.1 Å². The summed E-state index contributed by atoms with van der Waals surface area (Å²) in [6, 6.07) is 35.0. The van der Waals surface area contributed by atoms with Crippen molar-refractivity contribution in [1.82, 2.24) is 0 Å². The van der Waals surface area contributed by atoms with E-state index in [9.17, 15) is 62.6 Å². The predicted molar refractivity (Wildman–Crippen MR) is 492 cm³/mol. The number of carbonyl (C=O) groups is 9. The average molecular weight is 1990 g/mol. The zero-order chi connectivity index (χ0) is 90.7. The number of phenolic OH excluding ortho intramolecular Hbond substituents is 2. The van der Waals surface area contributed by atoms with Gasteiger partial charge in [-0.25, -0.2) is 14.4 Å². The number of carboxylic acids is 1. The number of carboxylic acid groups (broad SMARTS) is 1. The number of ether oxygens (including phenoxy) is 4. The number of Topliss-reactive ketones (excluding diaryl/α,β-unsaturated/α-hetero) is 4. The Hall–Kier alpha value is -8.97. The summed E-state index contributed by atoms with van der Waals surface area (Å²) in [6.45, 7) is 30.9. The van der Waals surface area contributed by atoms with Gasteiger partial charge in [0, 0.05) is 162 Å². The molecule has 0 spiro atoms. The molecule has 8 aromatic rings. The van der Waals surface area contributed by atoms with Crippen molar-refractivity contribution in [1.29, 1.82) is 0 Å². The van der Waals surface area contributed by atoms with Gasteiger partial charge in [0.25, 0.3) is 0 Å². The van der Waals surface area contributed by atoms with Crippen molar-refractivity contribution in [3.8, 4) is 11.5 Å². The summed E-state index contributed by atoms with van der Waals surface area (Å²) in [5, 5.41) is 36.2. The summed E-state index contributed by atoms with van der Waals surface area (Å²) in [5.74, 6) is 0.630. The molecule has 0 aliphatic carbocycles. The molecule has 0 bridgehead atoms.